The van der Waals surface area contributed by atoms with Gasteiger partial charge in [0.05, 0.1) is 10.6 Å². The molecule has 0 bridgehead atoms. The average molecular weight is 375 g/mol. The van der Waals surface area contributed by atoms with Gasteiger partial charge in [0, 0.05) is 16.8 Å². The SMILES string of the molecule is O=C(Nc1ccc(-c2nc(-c3ccccc3)co2)c(Cl)c1)c1ccccc1. The fourth-order valence-electron chi connectivity index (χ4n) is 2.70. The fraction of sp³-hybridized carbons (Fsp3) is 0. The summed E-state index contributed by atoms with van der Waals surface area (Å²) in [7, 11) is 0. The first kappa shape index (κ1) is 17.1. The second kappa shape index (κ2) is 7.48. The van der Waals surface area contributed by atoms with E-state index < -0.39 is 0 Å². The van der Waals surface area contributed by atoms with Crippen LogP contribution in [-0.4, -0.2) is 10.9 Å². The average Bonchev–Trinajstić information content (AvgIpc) is 3.19. The van der Waals surface area contributed by atoms with Gasteiger partial charge in [-0.15, -0.1) is 0 Å². The lowest BCUT2D eigenvalue weighted by molar-refractivity contribution is 0.102. The highest BCUT2D eigenvalue weighted by Gasteiger charge is 2.13. The normalized spacial score (nSPS) is 10.6. The first-order valence-electron chi connectivity index (χ1n) is 8.38. The van der Waals surface area contributed by atoms with Crippen LogP contribution >= 0.6 is 11.6 Å². The van der Waals surface area contributed by atoms with Gasteiger partial charge in [-0.3, -0.25) is 4.79 Å². The molecule has 132 valence electrons. The minimum Gasteiger partial charge on any atom is -0.444 e. The molecule has 0 saturated heterocycles. The van der Waals surface area contributed by atoms with Crippen LogP contribution in [0, 0.1) is 0 Å². The van der Waals surface area contributed by atoms with E-state index in [0.717, 1.165) is 11.3 Å². The molecule has 4 rings (SSSR count). The van der Waals surface area contributed by atoms with Gasteiger partial charge >= 0.3 is 0 Å². The number of benzene rings is 3. The molecule has 4 nitrogen and oxygen atoms in total. The number of hydrogen-bond donors (Lipinski definition) is 1. The number of nitrogens with zero attached hydrogens (tertiary/aromatic N) is 1. The zero-order valence-corrected chi connectivity index (χ0v) is 15.0. The summed E-state index contributed by atoms with van der Waals surface area (Å²) in [5, 5.41) is 3.28. The number of oxazole rings is 1. The van der Waals surface area contributed by atoms with Crippen LogP contribution in [0.3, 0.4) is 0 Å². The molecule has 0 aliphatic rings. The Morgan fingerprint density at radius 2 is 1.63 bits per heavy atom. The predicted octanol–water partition coefficient (Wildman–Crippen LogP) is 5.91. The third-order valence-electron chi connectivity index (χ3n) is 4.07. The number of hydrogen-bond acceptors (Lipinski definition) is 3. The highest BCUT2D eigenvalue weighted by atomic mass is 35.5. The lowest BCUT2D eigenvalue weighted by atomic mass is 10.1. The van der Waals surface area contributed by atoms with Crippen molar-refractivity contribution < 1.29 is 9.21 Å². The highest BCUT2D eigenvalue weighted by molar-refractivity contribution is 6.33. The largest absolute Gasteiger partial charge is 0.444 e. The number of carbonyl (C=O) groups excluding carboxylic acids is 1. The molecular formula is C22H15ClN2O2. The highest BCUT2D eigenvalue weighted by Crippen LogP contribution is 2.31. The summed E-state index contributed by atoms with van der Waals surface area (Å²) in [5.74, 6) is 0.238. The molecule has 0 fully saturated rings. The first-order valence-corrected chi connectivity index (χ1v) is 8.76. The standard InChI is InChI=1S/C22H15ClN2O2/c23-19-13-17(24-21(26)16-9-5-2-6-10-16)11-12-18(19)22-25-20(14-27-22)15-7-3-1-4-8-15/h1-14H,(H,24,26). The van der Waals surface area contributed by atoms with E-state index in [1.54, 1.807) is 36.6 Å². The Labute approximate surface area is 161 Å². The van der Waals surface area contributed by atoms with E-state index in [1.807, 2.05) is 48.5 Å². The maximum Gasteiger partial charge on any atom is 0.255 e. The van der Waals surface area contributed by atoms with E-state index in [1.165, 1.54) is 0 Å². The molecular weight excluding hydrogens is 360 g/mol. The lowest BCUT2D eigenvalue weighted by Crippen LogP contribution is -2.11. The maximum absolute atomic E-state index is 12.3. The van der Waals surface area contributed by atoms with E-state index >= 15 is 0 Å². The molecule has 0 unspecified atom stereocenters. The molecule has 4 aromatic rings. The zero-order valence-electron chi connectivity index (χ0n) is 14.2. The summed E-state index contributed by atoms with van der Waals surface area (Å²) in [6.07, 6.45) is 1.60. The molecule has 1 aromatic heterocycles. The van der Waals surface area contributed by atoms with Gasteiger partial charge in [-0.1, -0.05) is 60.1 Å². The predicted molar refractivity (Wildman–Crippen MR) is 107 cm³/mol. The number of nitrogens with one attached hydrogen (secondary N) is 1. The lowest BCUT2D eigenvalue weighted by Gasteiger charge is -2.07. The Morgan fingerprint density at radius 3 is 2.33 bits per heavy atom. The molecule has 27 heavy (non-hydrogen) atoms. The molecule has 0 aliphatic heterocycles. The molecule has 0 aliphatic carbocycles. The minimum absolute atomic E-state index is 0.193. The smallest absolute Gasteiger partial charge is 0.255 e. The van der Waals surface area contributed by atoms with E-state index in [2.05, 4.69) is 10.3 Å². The zero-order chi connectivity index (χ0) is 18.6. The second-order valence-corrected chi connectivity index (χ2v) is 6.33. The van der Waals surface area contributed by atoms with Crippen molar-refractivity contribution in [3.05, 3.63) is 95.7 Å². The number of rotatable bonds is 4. The van der Waals surface area contributed by atoms with Crippen molar-refractivity contribution in [2.45, 2.75) is 0 Å². The quantitative estimate of drug-likeness (QED) is 0.482. The van der Waals surface area contributed by atoms with Crippen LogP contribution in [0.4, 0.5) is 5.69 Å². The van der Waals surface area contributed by atoms with Crippen LogP contribution in [-0.2, 0) is 0 Å². The third-order valence-corrected chi connectivity index (χ3v) is 4.38. The Bertz CT molecular complexity index is 1080. The molecule has 1 N–H and O–H groups in total. The Morgan fingerprint density at radius 1 is 0.926 bits per heavy atom. The third kappa shape index (κ3) is 3.76. The van der Waals surface area contributed by atoms with Crippen molar-refractivity contribution in [1.29, 1.82) is 0 Å². The van der Waals surface area contributed by atoms with E-state index in [4.69, 9.17) is 16.0 Å². The van der Waals surface area contributed by atoms with Crippen molar-refractivity contribution in [3.8, 4) is 22.7 Å². The van der Waals surface area contributed by atoms with Gasteiger partial charge in [-0.25, -0.2) is 4.98 Å². The van der Waals surface area contributed by atoms with Gasteiger partial charge in [0.15, 0.2) is 0 Å². The van der Waals surface area contributed by atoms with E-state index in [9.17, 15) is 4.79 Å². The van der Waals surface area contributed by atoms with Crippen LogP contribution in [0.1, 0.15) is 10.4 Å². The van der Waals surface area contributed by atoms with E-state index in [0.29, 0.717) is 27.7 Å². The summed E-state index contributed by atoms with van der Waals surface area (Å²) in [6, 6.07) is 24.0. The summed E-state index contributed by atoms with van der Waals surface area (Å²) in [4.78, 5) is 16.8. The molecule has 1 amide bonds. The minimum atomic E-state index is -0.193. The monoisotopic (exact) mass is 374 g/mol. The molecule has 0 atom stereocenters. The van der Waals surface area contributed by atoms with Gasteiger partial charge in [0.2, 0.25) is 5.89 Å². The summed E-state index contributed by atoms with van der Waals surface area (Å²) < 4.78 is 5.59. The Kier molecular flexibility index (Phi) is 4.73. The molecule has 3 aromatic carbocycles. The van der Waals surface area contributed by atoms with Gasteiger partial charge in [0.25, 0.3) is 5.91 Å². The van der Waals surface area contributed by atoms with Crippen molar-refractivity contribution in [1.82, 2.24) is 4.98 Å². The first-order chi connectivity index (χ1) is 13.2. The summed E-state index contributed by atoms with van der Waals surface area (Å²) in [6.45, 7) is 0. The van der Waals surface area contributed by atoms with Gasteiger partial charge < -0.3 is 9.73 Å². The Hall–Kier alpha value is -3.37. The molecule has 0 spiro atoms. The van der Waals surface area contributed by atoms with Crippen molar-refractivity contribution >= 4 is 23.2 Å². The summed E-state index contributed by atoms with van der Waals surface area (Å²) in [5.41, 5.74) is 3.56. The van der Waals surface area contributed by atoms with Crippen molar-refractivity contribution in [2.24, 2.45) is 0 Å². The number of halogens is 1. The van der Waals surface area contributed by atoms with Crippen LogP contribution in [0.25, 0.3) is 22.7 Å². The van der Waals surface area contributed by atoms with Gasteiger partial charge in [0.1, 0.15) is 12.0 Å². The fourth-order valence-corrected chi connectivity index (χ4v) is 2.96. The van der Waals surface area contributed by atoms with Gasteiger partial charge in [-0.2, -0.15) is 0 Å². The van der Waals surface area contributed by atoms with E-state index in [-0.39, 0.29) is 5.91 Å². The van der Waals surface area contributed by atoms with Crippen LogP contribution in [0.2, 0.25) is 5.02 Å². The number of carbonyl (C=O) groups is 1. The van der Waals surface area contributed by atoms with Crippen LogP contribution in [0.5, 0.6) is 0 Å². The molecule has 1 heterocycles. The topological polar surface area (TPSA) is 55.1 Å². The number of aromatic nitrogens is 1. The Balaban J connectivity index is 1.56. The van der Waals surface area contributed by atoms with Crippen LogP contribution in [0.15, 0.2) is 89.5 Å². The summed E-state index contributed by atoms with van der Waals surface area (Å²) >= 11 is 6.40. The molecule has 5 heteroatoms. The van der Waals surface area contributed by atoms with Crippen molar-refractivity contribution in [3.63, 3.8) is 0 Å². The number of anilines is 1. The molecule has 0 radical (unpaired) electrons. The number of amides is 1. The molecule has 0 saturated carbocycles. The van der Waals surface area contributed by atoms with Crippen LogP contribution < -0.4 is 5.32 Å². The second-order valence-electron chi connectivity index (χ2n) is 5.92. The van der Waals surface area contributed by atoms with Gasteiger partial charge in [-0.05, 0) is 30.3 Å². The maximum atomic E-state index is 12.3. The van der Waals surface area contributed by atoms with Crippen molar-refractivity contribution in [2.75, 3.05) is 5.32 Å².